The van der Waals surface area contributed by atoms with E-state index in [9.17, 15) is 29.7 Å². The van der Waals surface area contributed by atoms with Crippen molar-refractivity contribution >= 4 is 47.0 Å². The lowest BCUT2D eigenvalue weighted by atomic mass is 9.79. The maximum Gasteiger partial charge on any atom is 0.353 e. The molecule has 0 aliphatic carbocycles. The molecule has 4 rings (SSSR count). The van der Waals surface area contributed by atoms with Gasteiger partial charge in [-0.2, -0.15) is 0 Å². The van der Waals surface area contributed by atoms with Gasteiger partial charge < -0.3 is 25.1 Å². The van der Waals surface area contributed by atoms with Crippen LogP contribution in [0.4, 0.5) is 0 Å². The zero-order valence-electron chi connectivity index (χ0n) is 16.3. The molecule has 2 saturated heterocycles. The van der Waals surface area contributed by atoms with Gasteiger partial charge in [-0.05, 0) is 18.4 Å². The van der Waals surface area contributed by atoms with Crippen LogP contribution in [0.5, 0.6) is 0 Å². The van der Waals surface area contributed by atoms with Gasteiger partial charge in [0.15, 0.2) is 0 Å². The summed E-state index contributed by atoms with van der Waals surface area (Å²) in [5.74, 6) is -2.57. The summed E-state index contributed by atoms with van der Waals surface area (Å²) in [6, 6.07) is -0.351. The fourth-order valence-corrected chi connectivity index (χ4v) is 5.85. The lowest BCUT2D eigenvalue weighted by molar-refractivity contribution is -0.163. The number of thiazole rings is 1. The molecule has 160 valence electrons. The minimum Gasteiger partial charge on any atom is -0.477 e. The van der Waals surface area contributed by atoms with Crippen LogP contribution >= 0.6 is 23.1 Å². The highest BCUT2D eigenvalue weighted by molar-refractivity contribution is 8.06. The Bertz CT molecular complexity index is 965. The number of carboxylic acid groups (broad SMARTS) is 1. The summed E-state index contributed by atoms with van der Waals surface area (Å²) in [6.07, 6.45) is 0.384. The number of aromatic nitrogens is 1. The Balaban J connectivity index is 1.47. The van der Waals surface area contributed by atoms with Crippen LogP contribution in [-0.4, -0.2) is 79.2 Å². The number of amides is 2. The predicted molar refractivity (Wildman–Crippen MR) is 110 cm³/mol. The summed E-state index contributed by atoms with van der Waals surface area (Å²) in [5.41, 5.74) is 0.279. The number of aliphatic carboxylic acids is 1. The van der Waals surface area contributed by atoms with Crippen molar-refractivity contribution in [2.45, 2.75) is 32.1 Å². The number of carbonyl (C=O) groups is 3. The second-order valence-corrected chi connectivity index (χ2v) is 9.46. The van der Waals surface area contributed by atoms with Crippen molar-refractivity contribution in [3.63, 3.8) is 0 Å². The Morgan fingerprint density at radius 3 is 2.70 bits per heavy atom. The van der Waals surface area contributed by atoms with E-state index in [1.165, 1.54) is 32.9 Å². The van der Waals surface area contributed by atoms with Crippen LogP contribution in [0, 0.1) is 11.8 Å². The van der Waals surface area contributed by atoms with Crippen molar-refractivity contribution < 1.29 is 29.7 Å². The third-order valence-corrected chi connectivity index (χ3v) is 7.51. The van der Waals surface area contributed by atoms with E-state index in [2.05, 4.69) is 4.98 Å². The summed E-state index contributed by atoms with van der Waals surface area (Å²) in [5, 5.41) is 32.8. The average Bonchev–Trinajstić information content (AvgIpc) is 3.20. The third-order valence-electron chi connectivity index (χ3n) is 5.61. The molecule has 4 heterocycles. The molecule has 2 amide bonds. The lowest BCUT2D eigenvalue weighted by Crippen LogP contribution is -2.63. The molecule has 9 nitrogen and oxygen atoms in total. The van der Waals surface area contributed by atoms with E-state index in [1.807, 2.05) is 6.92 Å². The molecule has 11 heteroatoms. The predicted octanol–water partition coefficient (Wildman–Crippen LogP) is 0.817. The summed E-state index contributed by atoms with van der Waals surface area (Å²) in [7, 11) is 0. The smallest absolute Gasteiger partial charge is 0.353 e. The standard InChI is InChI=1S/C19H21N3O6S2/c1-8-14-13(9(2)23)18(26)22(14)15(19(27)28)16(8)29-4-3-12-20-11(7-30-12)17(25)21-5-10(24)6-21/h3-4,7-10,13-14,23-24H,5-6H2,1-2H3,(H,27,28)/t8-,9-,13-,14-/m1/s1. The average molecular weight is 452 g/mol. The molecule has 3 aliphatic heterocycles. The van der Waals surface area contributed by atoms with Gasteiger partial charge in [0.1, 0.15) is 16.4 Å². The Morgan fingerprint density at radius 1 is 1.40 bits per heavy atom. The highest BCUT2D eigenvalue weighted by atomic mass is 32.2. The summed E-state index contributed by atoms with van der Waals surface area (Å²) in [6.45, 7) is 4.02. The first kappa shape index (κ1) is 21.0. The van der Waals surface area contributed by atoms with Crippen LogP contribution in [0.1, 0.15) is 29.3 Å². The van der Waals surface area contributed by atoms with Gasteiger partial charge in [-0.15, -0.1) is 11.3 Å². The number of β-lactam (4-membered cyclic amide) rings is 1. The van der Waals surface area contributed by atoms with E-state index in [0.29, 0.717) is 28.7 Å². The van der Waals surface area contributed by atoms with Gasteiger partial charge in [0.05, 0.1) is 24.2 Å². The second kappa shape index (κ2) is 7.80. The van der Waals surface area contributed by atoms with Crippen molar-refractivity contribution in [3.05, 3.63) is 32.1 Å². The molecule has 2 fully saturated rings. The molecular formula is C19H21N3O6S2. The maximum absolute atomic E-state index is 12.3. The monoisotopic (exact) mass is 451 g/mol. The van der Waals surface area contributed by atoms with Crippen LogP contribution in [0.2, 0.25) is 0 Å². The Kier molecular flexibility index (Phi) is 5.47. The second-order valence-electron chi connectivity index (χ2n) is 7.63. The number of carboxylic acids is 1. The number of fused-ring (bicyclic) bond motifs is 1. The summed E-state index contributed by atoms with van der Waals surface area (Å²) >= 11 is 2.50. The maximum atomic E-state index is 12.3. The van der Waals surface area contributed by atoms with Crippen LogP contribution in [0.3, 0.4) is 0 Å². The molecule has 1 aromatic rings. The van der Waals surface area contributed by atoms with E-state index in [4.69, 9.17) is 0 Å². The number of thioether (sulfide) groups is 1. The number of aliphatic hydroxyl groups excluding tert-OH is 2. The highest BCUT2D eigenvalue weighted by Crippen LogP contribution is 2.50. The van der Waals surface area contributed by atoms with Crippen molar-refractivity contribution in [1.82, 2.24) is 14.8 Å². The molecule has 3 aliphatic rings. The lowest BCUT2D eigenvalue weighted by Gasteiger charge is -2.46. The molecule has 0 bridgehead atoms. The quantitative estimate of drug-likeness (QED) is 0.542. The normalized spacial score (nSPS) is 27.3. The van der Waals surface area contributed by atoms with Crippen molar-refractivity contribution in [2.75, 3.05) is 13.1 Å². The first-order chi connectivity index (χ1) is 14.2. The summed E-state index contributed by atoms with van der Waals surface area (Å²) < 4.78 is 0. The number of rotatable bonds is 6. The highest BCUT2D eigenvalue weighted by Gasteiger charge is 2.59. The molecule has 0 spiro atoms. The van der Waals surface area contributed by atoms with Crippen LogP contribution in [0.25, 0.3) is 6.08 Å². The SMILES string of the molecule is C[C@@H](O)[C@H]1C(=O)N2C(C(=O)O)=C(SC=Cc3nc(C(=O)N4CC(O)C4)cs3)[C@H](C)[C@H]12. The minimum absolute atomic E-state index is 0.0320. The van der Waals surface area contributed by atoms with E-state index in [-0.39, 0.29) is 29.5 Å². The van der Waals surface area contributed by atoms with Crippen LogP contribution < -0.4 is 0 Å². The molecule has 3 N–H and O–H groups in total. The molecule has 30 heavy (non-hydrogen) atoms. The molecule has 0 unspecified atom stereocenters. The fraction of sp³-hybridized carbons (Fsp3) is 0.474. The van der Waals surface area contributed by atoms with Gasteiger partial charge in [-0.25, -0.2) is 9.78 Å². The van der Waals surface area contributed by atoms with Crippen molar-refractivity contribution in [1.29, 1.82) is 0 Å². The topological polar surface area (TPSA) is 131 Å². The molecule has 0 aromatic carbocycles. The summed E-state index contributed by atoms with van der Waals surface area (Å²) in [4.78, 5) is 44.0. The van der Waals surface area contributed by atoms with Crippen LogP contribution in [0.15, 0.2) is 21.4 Å². The van der Waals surface area contributed by atoms with Gasteiger partial charge in [0.25, 0.3) is 5.91 Å². The first-order valence-corrected chi connectivity index (χ1v) is 11.2. The van der Waals surface area contributed by atoms with Crippen molar-refractivity contribution in [2.24, 2.45) is 11.8 Å². The van der Waals surface area contributed by atoms with Gasteiger partial charge in [0, 0.05) is 29.3 Å². The Morgan fingerprint density at radius 2 is 2.10 bits per heavy atom. The number of likely N-dealkylation sites (tertiary alicyclic amines) is 1. The number of aliphatic hydroxyl groups is 2. The van der Waals surface area contributed by atoms with Gasteiger partial charge in [-0.1, -0.05) is 18.7 Å². The van der Waals surface area contributed by atoms with Gasteiger partial charge >= 0.3 is 5.97 Å². The number of β-amino-alcohol motifs (C(OH)–C–C–N with tert-alkyl or cyclic N) is 1. The van der Waals surface area contributed by atoms with E-state index in [0.717, 1.165) is 0 Å². The molecule has 4 atom stereocenters. The number of carbonyl (C=O) groups excluding carboxylic acids is 2. The van der Waals surface area contributed by atoms with E-state index >= 15 is 0 Å². The molecule has 0 radical (unpaired) electrons. The number of hydrogen-bond acceptors (Lipinski definition) is 8. The largest absolute Gasteiger partial charge is 0.477 e. The molecule has 1 aromatic heterocycles. The minimum atomic E-state index is -1.17. The zero-order chi connectivity index (χ0) is 21.7. The van der Waals surface area contributed by atoms with Gasteiger partial charge in [0.2, 0.25) is 5.91 Å². The van der Waals surface area contributed by atoms with Crippen molar-refractivity contribution in [3.8, 4) is 0 Å². The number of nitrogens with zero attached hydrogens (tertiary/aromatic N) is 3. The fourth-order valence-electron chi connectivity index (χ4n) is 4.09. The van der Waals surface area contributed by atoms with E-state index < -0.39 is 24.1 Å². The Labute approximate surface area is 180 Å². The van der Waals surface area contributed by atoms with Gasteiger partial charge in [-0.3, -0.25) is 9.59 Å². The number of hydrogen-bond donors (Lipinski definition) is 3. The van der Waals surface area contributed by atoms with E-state index in [1.54, 1.807) is 23.8 Å². The third kappa shape index (κ3) is 3.35. The Hall–Kier alpha value is -2.21. The molecule has 0 saturated carbocycles. The first-order valence-electron chi connectivity index (χ1n) is 9.45. The van der Waals surface area contributed by atoms with Crippen LogP contribution in [-0.2, 0) is 9.59 Å². The zero-order valence-corrected chi connectivity index (χ0v) is 17.9. The molecular weight excluding hydrogens is 430 g/mol.